The van der Waals surface area contributed by atoms with Crippen molar-refractivity contribution >= 4 is 34.2 Å². The van der Waals surface area contributed by atoms with Gasteiger partial charge in [-0.15, -0.1) is 0 Å². The molecule has 2 aromatic carbocycles. The molecular formula is C16H9ClN4O5. The Morgan fingerprint density at radius 1 is 1.15 bits per heavy atom. The van der Waals surface area contributed by atoms with Crippen LogP contribution in [-0.4, -0.2) is 26.3 Å². The SMILES string of the molecule is O=C(Nc1ccc(Cl)cc1-c1noc(=O)[nH]1)c1noc2cc(O)ccc12. The number of nitrogens with zero attached hydrogens (tertiary/aromatic N) is 2. The van der Waals surface area contributed by atoms with E-state index < -0.39 is 11.7 Å². The van der Waals surface area contributed by atoms with Crippen LogP contribution < -0.4 is 11.1 Å². The zero-order chi connectivity index (χ0) is 18.3. The summed E-state index contributed by atoms with van der Waals surface area (Å²) in [6, 6.07) is 8.93. The van der Waals surface area contributed by atoms with Gasteiger partial charge in [-0.25, -0.2) is 4.79 Å². The Labute approximate surface area is 149 Å². The van der Waals surface area contributed by atoms with E-state index in [1.165, 1.54) is 24.3 Å². The first-order chi connectivity index (χ1) is 12.5. The van der Waals surface area contributed by atoms with Crippen LogP contribution in [0.15, 0.2) is 50.2 Å². The second-order valence-electron chi connectivity index (χ2n) is 5.30. The van der Waals surface area contributed by atoms with Crippen molar-refractivity contribution in [1.82, 2.24) is 15.3 Å². The molecule has 0 atom stereocenters. The molecule has 2 heterocycles. The Hall–Kier alpha value is -3.59. The molecule has 4 aromatic rings. The lowest BCUT2D eigenvalue weighted by Crippen LogP contribution is -2.13. The number of fused-ring (bicyclic) bond motifs is 1. The number of aromatic amines is 1. The van der Waals surface area contributed by atoms with Crippen LogP contribution in [0.25, 0.3) is 22.4 Å². The number of aromatic nitrogens is 3. The third-order valence-electron chi connectivity index (χ3n) is 3.60. The molecule has 0 bridgehead atoms. The number of nitrogens with one attached hydrogen (secondary N) is 2. The predicted molar refractivity (Wildman–Crippen MR) is 91.2 cm³/mol. The molecule has 4 rings (SSSR count). The first-order valence-corrected chi connectivity index (χ1v) is 7.65. The summed E-state index contributed by atoms with van der Waals surface area (Å²) in [6.07, 6.45) is 0. The molecule has 0 spiro atoms. The van der Waals surface area contributed by atoms with Crippen molar-refractivity contribution in [1.29, 1.82) is 0 Å². The molecule has 26 heavy (non-hydrogen) atoms. The molecule has 0 fully saturated rings. The maximum atomic E-state index is 12.6. The van der Waals surface area contributed by atoms with Gasteiger partial charge in [0.1, 0.15) is 5.75 Å². The molecule has 3 N–H and O–H groups in total. The predicted octanol–water partition coefficient (Wildman–Crippen LogP) is 2.78. The van der Waals surface area contributed by atoms with Gasteiger partial charge in [-0.3, -0.25) is 14.3 Å². The van der Waals surface area contributed by atoms with E-state index in [4.69, 9.17) is 16.1 Å². The Kier molecular flexibility index (Phi) is 3.70. The highest BCUT2D eigenvalue weighted by atomic mass is 35.5. The molecule has 0 aliphatic rings. The van der Waals surface area contributed by atoms with Crippen LogP contribution in [0.4, 0.5) is 5.69 Å². The summed E-state index contributed by atoms with van der Waals surface area (Å²) in [5.74, 6) is -1.18. The summed E-state index contributed by atoms with van der Waals surface area (Å²) in [6.45, 7) is 0. The minimum Gasteiger partial charge on any atom is -0.508 e. The lowest BCUT2D eigenvalue weighted by Gasteiger charge is -2.08. The molecular weight excluding hydrogens is 364 g/mol. The number of aromatic hydroxyl groups is 1. The number of rotatable bonds is 3. The summed E-state index contributed by atoms with van der Waals surface area (Å²) in [5.41, 5.74) is 1.00. The molecule has 0 saturated heterocycles. The van der Waals surface area contributed by atoms with Gasteiger partial charge in [-0.05, 0) is 30.3 Å². The Morgan fingerprint density at radius 3 is 2.77 bits per heavy atom. The van der Waals surface area contributed by atoms with Gasteiger partial charge in [-0.1, -0.05) is 21.9 Å². The van der Waals surface area contributed by atoms with Crippen molar-refractivity contribution < 1.29 is 18.9 Å². The van der Waals surface area contributed by atoms with Gasteiger partial charge in [0.2, 0.25) is 0 Å². The fraction of sp³-hybridized carbons (Fsp3) is 0. The van der Waals surface area contributed by atoms with Crippen molar-refractivity contribution in [2.75, 3.05) is 5.32 Å². The molecule has 1 amide bonds. The van der Waals surface area contributed by atoms with Gasteiger partial charge in [0.25, 0.3) is 5.91 Å². The summed E-state index contributed by atoms with van der Waals surface area (Å²) in [4.78, 5) is 26.2. The highest BCUT2D eigenvalue weighted by molar-refractivity contribution is 6.31. The minimum absolute atomic E-state index is 0.00409. The maximum Gasteiger partial charge on any atom is 0.439 e. The smallest absolute Gasteiger partial charge is 0.439 e. The van der Waals surface area contributed by atoms with Gasteiger partial charge >= 0.3 is 5.76 Å². The van der Waals surface area contributed by atoms with E-state index in [9.17, 15) is 14.7 Å². The number of H-pyrrole nitrogens is 1. The normalized spacial score (nSPS) is 11.0. The van der Waals surface area contributed by atoms with Crippen molar-refractivity contribution in [2.45, 2.75) is 0 Å². The number of phenols is 1. The average molecular weight is 373 g/mol. The van der Waals surface area contributed by atoms with Gasteiger partial charge in [0, 0.05) is 16.7 Å². The molecule has 0 radical (unpaired) electrons. The third-order valence-corrected chi connectivity index (χ3v) is 3.83. The molecule has 2 aromatic heterocycles. The lowest BCUT2D eigenvalue weighted by molar-refractivity contribution is 0.102. The number of hydrogen-bond donors (Lipinski definition) is 3. The molecule has 0 unspecified atom stereocenters. The zero-order valence-corrected chi connectivity index (χ0v) is 13.6. The fourth-order valence-electron chi connectivity index (χ4n) is 2.44. The van der Waals surface area contributed by atoms with Gasteiger partial charge < -0.3 is 14.9 Å². The zero-order valence-electron chi connectivity index (χ0n) is 12.8. The number of benzene rings is 2. The van der Waals surface area contributed by atoms with Gasteiger partial charge in [-0.2, -0.15) is 0 Å². The lowest BCUT2D eigenvalue weighted by atomic mass is 10.1. The monoisotopic (exact) mass is 372 g/mol. The Bertz CT molecular complexity index is 1190. The summed E-state index contributed by atoms with van der Waals surface area (Å²) in [5, 5.41) is 20.3. The summed E-state index contributed by atoms with van der Waals surface area (Å²) in [7, 11) is 0. The Balaban J connectivity index is 1.73. The first-order valence-electron chi connectivity index (χ1n) is 7.27. The molecule has 0 aliphatic carbocycles. The largest absolute Gasteiger partial charge is 0.508 e. The van der Waals surface area contributed by atoms with Crippen LogP contribution in [-0.2, 0) is 0 Å². The van der Waals surface area contributed by atoms with Crippen LogP contribution in [0.1, 0.15) is 10.5 Å². The minimum atomic E-state index is -0.737. The molecule has 10 heteroatoms. The highest BCUT2D eigenvalue weighted by Gasteiger charge is 2.19. The van der Waals surface area contributed by atoms with E-state index in [0.717, 1.165) is 0 Å². The van der Waals surface area contributed by atoms with Crippen molar-refractivity contribution in [3.8, 4) is 17.1 Å². The number of carbonyl (C=O) groups is 1. The number of phenolic OH excluding ortho intramolecular Hbond substituents is 1. The Morgan fingerprint density at radius 2 is 2.00 bits per heavy atom. The topological polar surface area (TPSA) is 134 Å². The molecule has 0 aliphatic heterocycles. The number of halogens is 1. The number of carbonyl (C=O) groups excluding carboxylic acids is 1. The van der Waals surface area contributed by atoms with Crippen molar-refractivity contribution in [3.63, 3.8) is 0 Å². The van der Waals surface area contributed by atoms with E-state index in [0.29, 0.717) is 21.7 Å². The van der Waals surface area contributed by atoms with Crippen LogP contribution >= 0.6 is 11.6 Å². The van der Waals surface area contributed by atoms with Crippen LogP contribution in [0.3, 0.4) is 0 Å². The van der Waals surface area contributed by atoms with E-state index in [-0.39, 0.29) is 22.9 Å². The van der Waals surface area contributed by atoms with E-state index >= 15 is 0 Å². The third kappa shape index (κ3) is 2.80. The number of hydrogen-bond acceptors (Lipinski definition) is 7. The highest BCUT2D eigenvalue weighted by Crippen LogP contribution is 2.29. The van der Waals surface area contributed by atoms with E-state index in [2.05, 4.69) is 25.1 Å². The standard InChI is InChI=1S/C16H9ClN4O5/c17-7-1-4-11(10(5-7)14-19-16(24)26-21-14)18-15(23)13-9-3-2-8(22)6-12(9)25-20-13/h1-6,22H,(H,18,23)(H,19,21,24). The number of anilines is 1. The average Bonchev–Trinajstić information content (AvgIpc) is 3.22. The van der Waals surface area contributed by atoms with Gasteiger partial charge in [0.05, 0.1) is 11.1 Å². The van der Waals surface area contributed by atoms with Crippen molar-refractivity contribution in [3.05, 3.63) is 57.7 Å². The fourth-order valence-corrected chi connectivity index (χ4v) is 2.61. The van der Waals surface area contributed by atoms with Crippen LogP contribution in [0.5, 0.6) is 5.75 Å². The van der Waals surface area contributed by atoms with Crippen LogP contribution in [0, 0.1) is 0 Å². The molecule has 130 valence electrons. The first kappa shape index (κ1) is 15.9. The van der Waals surface area contributed by atoms with Gasteiger partial charge in [0.15, 0.2) is 17.1 Å². The molecule has 9 nitrogen and oxygen atoms in total. The maximum absolute atomic E-state index is 12.6. The summed E-state index contributed by atoms with van der Waals surface area (Å²) < 4.78 is 9.55. The second-order valence-corrected chi connectivity index (χ2v) is 5.74. The van der Waals surface area contributed by atoms with Crippen molar-refractivity contribution in [2.24, 2.45) is 0 Å². The quantitative estimate of drug-likeness (QED) is 0.503. The van der Waals surface area contributed by atoms with E-state index in [1.807, 2.05) is 0 Å². The second kappa shape index (κ2) is 6.05. The molecule has 0 saturated carbocycles. The summed E-state index contributed by atoms with van der Waals surface area (Å²) >= 11 is 5.99. The van der Waals surface area contributed by atoms with E-state index in [1.54, 1.807) is 12.1 Å². The van der Waals surface area contributed by atoms with Crippen LogP contribution in [0.2, 0.25) is 5.02 Å². The number of amides is 1.